The van der Waals surface area contributed by atoms with Crippen molar-refractivity contribution in [1.82, 2.24) is 14.5 Å². The van der Waals surface area contributed by atoms with Gasteiger partial charge in [-0.2, -0.15) is 0 Å². The van der Waals surface area contributed by atoms with Gasteiger partial charge in [0.05, 0.1) is 39.8 Å². The van der Waals surface area contributed by atoms with Crippen LogP contribution in [0.4, 0.5) is 4.39 Å². The Morgan fingerprint density at radius 1 is 1.20 bits per heavy atom. The van der Waals surface area contributed by atoms with Gasteiger partial charge in [-0.25, -0.2) is 13.8 Å². The maximum atomic E-state index is 14.0. The van der Waals surface area contributed by atoms with Crippen molar-refractivity contribution in [3.63, 3.8) is 0 Å². The van der Waals surface area contributed by atoms with Crippen molar-refractivity contribution in [2.45, 2.75) is 26.4 Å². The Balaban J connectivity index is 1.77. The molecule has 4 heterocycles. The van der Waals surface area contributed by atoms with E-state index in [9.17, 15) is 19.1 Å². The molecule has 0 aliphatic heterocycles. The maximum Gasteiger partial charge on any atom is 0.333 e. The molecule has 5 aromatic rings. The third kappa shape index (κ3) is 3.77. The first kappa shape index (κ1) is 23.7. The van der Waals surface area contributed by atoms with Gasteiger partial charge in [0.2, 0.25) is 0 Å². The molecule has 0 aliphatic rings. The number of rotatable bonds is 4. The molecule has 0 bridgehead atoms. The zero-order chi connectivity index (χ0) is 25.2. The first-order valence-corrected chi connectivity index (χ1v) is 12.4. The van der Waals surface area contributed by atoms with Crippen LogP contribution in [0.5, 0.6) is 5.75 Å². The van der Waals surface area contributed by atoms with E-state index in [2.05, 4.69) is 9.97 Å². The number of H-pyrrole nitrogens is 1. The van der Waals surface area contributed by atoms with E-state index >= 15 is 0 Å². The predicted molar refractivity (Wildman–Crippen MR) is 138 cm³/mol. The molecule has 0 radical (unpaired) electrons. The molecule has 0 saturated heterocycles. The number of ether oxygens (including phenoxy) is 1. The number of hydrogen-bond acceptors (Lipinski definition) is 7. The van der Waals surface area contributed by atoms with Gasteiger partial charge in [0.25, 0.3) is 5.56 Å². The highest BCUT2D eigenvalue weighted by Crippen LogP contribution is 2.40. The van der Waals surface area contributed by atoms with Gasteiger partial charge in [-0.3, -0.25) is 9.78 Å². The van der Waals surface area contributed by atoms with E-state index in [1.807, 2.05) is 6.92 Å². The molecule has 2 N–H and O–H groups in total. The van der Waals surface area contributed by atoms with Crippen LogP contribution >= 0.6 is 34.3 Å². The summed E-state index contributed by atoms with van der Waals surface area (Å²) in [5.74, 6) is -0.587. The van der Waals surface area contributed by atoms with E-state index in [0.717, 1.165) is 37.1 Å². The molecule has 0 unspecified atom stereocenters. The molecule has 1 aromatic carbocycles. The van der Waals surface area contributed by atoms with Gasteiger partial charge in [0, 0.05) is 26.9 Å². The number of hydrogen-bond donors (Lipinski definition) is 2. The summed E-state index contributed by atoms with van der Waals surface area (Å²) in [4.78, 5) is 35.0. The van der Waals surface area contributed by atoms with Gasteiger partial charge in [-0.05, 0) is 44.5 Å². The predicted octanol–water partition coefficient (Wildman–Crippen LogP) is 5.35. The Kier molecular flexibility index (Phi) is 5.59. The molecule has 0 aliphatic carbocycles. The van der Waals surface area contributed by atoms with Crippen molar-refractivity contribution in [1.29, 1.82) is 0 Å². The molecule has 0 spiro atoms. The average molecular weight is 532 g/mol. The minimum atomic E-state index is -1.09. The van der Waals surface area contributed by atoms with Crippen molar-refractivity contribution < 1.29 is 14.2 Å². The number of methoxy groups -OCH3 is 1. The Bertz CT molecular complexity index is 1760. The molecule has 7 nitrogen and oxygen atoms in total. The molecular formula is C24H19ClFN3O4S2. The van der Waals surface area contributed by atoms with Gasteiger partial charge in [-0.1, -0.05) is 11.6 Å². The third-order valence-electron chi connectivity index (χ3n) is 5.70. The summed E-state index contributed by atoms with van der Waals surface area (Å²) in [6, 6.07) is 4.23. The molecule has 4 aromatic heterocycles. The van der Waals surface area contributed by atoms with Crippen LogP contribution in [0.15, 0.2) is 40.2 Å². The lowest BCUT2D eigenvalue weighted by molar-refractivity contribution is 0.0820. The molecule has 35 heavy (non-hydrogen) atoms. The van der Waals surface area contributed by atoms with E-state index in [1.165, 1.54) is 30.7 Å². The van der Waals surface area contributed by atoms with Crippen LogP contribution in [0.3, 0.4) is 0 Å². The van der Waals surface area contributed by atoms with Crippen LogP contribution in [0, 0.1) is 12.7 Å². The number of thiophene rings is 2. The third-order valence-corrected chi connectivity index (χ3v) is 8.70. The smallest absolute Gasteiger partial charge is 0.333 e. The number of fused-ring (bicyclic) bond motifs is 2. The van der Waals surface area contributed by atoms with Gasteiger partial charge in [0.1, 0.15) is 4.70 Å². The van der Waals surface area contributed by atoms with E-state index in [-0.39, 0.29) is 10.8 Å². The molecule has 0 fully saturated rings. The Morgan fingerprint density at radius 3 is 2.63 bits per heavy atom. The first-order chi connectivity index (χ1) is 16.5. The summed E-state index contributed by atoms with van der Waals surface area (Å²) < 4.78 is 21.2. The fourth-order valence-electron chi connectivity index (χ4n) is 4.17. The molecule has 180 valence electrons. The highest BCUT2D eigenvalue weighted by atomic mass is 35.5. The molecule has 0 saturated carbocycles. The monoisotopic (exact) mass is 531 g/mol. The van der Waals surface area contributed by atoms with Gasteiger partial charge >= 0.3 is 5.69 Å². The largest absolute Gasteiger partial charge is 0.494 e. The normalized spacial score (nSPS) is 12.1. The van der Waals surface area contributed by atoms with Crippen LogP contribution in [0.1, 0.15) is 24.3 Å². The lowest BCUT2D eigenvalue weighted by atomic mass is 10.0. The van der Waals surface area contributed by atoms with Crippen LogP contribution in [-0.2, 0) is 5.60 Å². The number of benzene rings is 1. The summed E-state index contributed by atoms with van der Waals surface area (Å²) in [5.41, 5.74) is -0.311. The Morgan fingerprint density at radius 2 is 1.94 bits per heavy atom. The van der Waals surface area contributed by atoms with Crippen LogP contribution in [0.25, 0.3) is 36.4 Å². The number of aryl methyl sites for hydroxylation is 1. The van der Waals surface area contributed by atoms with E-state index in [0.29, 0.717) is 31.7 Å². The number of aromatic nitrogens is 3. The van der Waals surface area contributed by atoms with Crippen LogP contribution < -0.4 is 16.0 Å². The summed E-state index contributed by atoms with van der Waals surface area (Å²) in [6.45, 7) is 5.22. The molecule has 5 rings (SSSR count). The van der Waals surface area contributed by atoms with Crippen molar-refractivity contribution >= 4 is 54.6 Å². The second-order valence-electron chi connectivity index (χ2n) is 8.54. The van der Waals surface area contributed by atoms with Crippen molar-refractivity contribution in [2.24, 2.45) is 0 Å². The van der Waals surface area contributed by atoms with Crippen molar-refractivity contribution in [3.8, 4) is 21.9 Å². The highest BCUT2D eigenvalue weighted by molar-refractivity contribution is 7.22. The van der Waals surface area contributed by atoms with Crippen molar-refractivity contribution in [2.75, 3.05) is 7.11 Å². The van der Waals surface area contributed by atoms with E-state index in [1.54, 1.807) is 26.1 Å². The number of aromatic amines is 1. The molecule has 0 amide bonds. The summed E-state index contributed by atoms with van der Waals surface area (Å²) in [7, 11) is 1.35. The summed E-state index contributed by atoms with van der Waals surface area (Å²) >= 11 is 8.77. The lowest BCUT2D eigenvalue weighted by Gasteiger charge is -2.16. The molecular weight excluding hydrogens is 513 g/mol. The van der Waals surface area contributed by atoms with Gasteiger partial charge < -0.3 is 14.8 Å². The fraction of sp³-hybridized carbons (Fsp3) is 0.208. The highest BCUT2D eigenvalue weighted by Gasteiger charge is 2.26. The van der Waals surface area contributed by atoms with Gasteiger partial charge in [0.15, 0.2) is 11.6 Å². The second-order valence-corrected chi connectivity index (χ2v) is 11.0. The number of pyridine rings is 1. The Labute approximate surface area is 211 Å². The molecule has 11 heteroatoms. The second kappa shape index (κ2) is 8.27. The molecule has 0 atom stereocenters. The summed E-state index contributed by atoms with van der Waals surface area (Å²) in [6.07, 6.45) is 3.12. The number of halogens is 2. The summed E-state index contributed by atoms with van der Waals surface area (Å²) in [5, 5.41) is 11.4. The minimum absolute atomic E-state index is 0.0149. The SMILES string of the molecule is COc1cc(-c2cc3[nH]c(=O)n(-c4cncc5sc(C(C)(C)O)c(C)c45)c(=O)c3s2)c(Cl)cc1F. The van der Waals surface area contributed by atoms with Gasteiger partial charge in [-0.15, -0.1) is 22.7 Å². The number of nitrogens with zero attached hydrogens (tertiary/aromatic N) is 2. The average Bonchev–Trinajstić information content (AvgIpc) is 3.35. The maximum absolute atomic E-state index is 14.0. The minimum Gasteiger partial charge on any atom is -0.494 e. The van der Waals surface area contributed by atoms with E-state index < -0.39 is 22.7 Å². The zero-order valence-corrected chi connectivity index (χ0v) is 21.4. The quantitative estimate of drug-likeness (QED) is 0.325. The Hall–Kier alpha value is -3.05. The first-order valence-electron chi connectivity index (χ1n) is 10.4. The van der Waals surface area contributed by atoms with Crippen molar-refractivity contribution in [3.05, 3.63) is 72.7 Å². The van der Waals surface area contributed by atoms with Crippen LogP contribution in [0.2, 0.25) is 5.02 Å². The number of nitrogens with one attached hydrogen (secondary N) is 1. The number of aliphatic hydroxyl groups is 1. The zero-order valence-electron chi connectivity index (χ0n) is 19.0. The fourth-order valence-corrected chi connectivity index (χ4v) is 6.75. The standard InChI is InChI=1S/C24H19ClFN3O4S2/c1-10-19-15(8-27-9-18(19)35-21(10)24(2,3)32)29-22(30)20-14(28-23(29)31)7-17(34-20)11-5-16(33-4)13(26)6-12(11)25/h5-9,32H,1-4H3,(H,28,31). The lowest BCUT2D eigenvalue weighted by Crippen LogP contribution is -2.33. The topological polar surface area (TPSA) is 97.2 Å². The van der Waals surface area contributed by atoms with Crippen LogP contribution in [-0.4, -0.2) is 26.8 Å². The van der Waals surface area contributed by atoms with E-state index in [4.69, 9.17) is 16.3 Å².